The molecule has 2 aromatic rings. The van der Waals surface area contributed by atoms with Gasteiger partial charge in [-0.15, -0.1) is 0 Å². The first-order chi connectivity index (χ1) is 9.20. The lowest BCUT2D eigenvalue weighted by molar-refractivity contribution is 0.564. The summed E-state index contributed by atoms with van der Waals surface area (Å²) in [4.78, 5) is 9.00. The van der Waals surface area contributed by atoms with Crippen molar-refractivity contribution >= 4 is 49.3 Å². The normalized spacial score (nSPS) is 11.7. The minimum absolute atomic E-state index is 0.143. The second-order valence-electron chi connectivity index (χ2n) is 5.47. The Morgan fingerprint density at radius 3 is 2.40 bits per heavy atom. The van der Waals surface area contributed by atoms with Gasteiger partial charge in [-0.25, -0.2) is 9.97 Å². The first kappa shape index (κ1) is 15.7. The van der Waals surface area contributed by atoms with E-state index in [1.807, 2.05) is 18.2 Å². The number of aromatic nitrogens is 2. The second kappa shape index (κ2) is 5.62. The number of hydrogen-bond donors (Lipinski definition) is 1. The molecule has 0 aliphatic heterocycles. The lowest BCUT2D eigenvalue weighted by Crippen LogP contribution is -2.17. The van der Waals surface area contributed by atoms with Crippen molar-refractivity contribution in [2.45, 2.75) is 26.2 Å². The molecule has 0 aliphatic carbocycles. The first-order valence-electron chi connectivity index (χ1n) is 5.99. The molecule has 0 saturated heterocycles. The van der Waals surface area contributed by atoms with Crippen molar-refractivity contribution in [1.29, 1.82) is 0 Å². The molecule has 6 heteroatoms. The summed E-state index contributed by atoms with van der Waals surface area (Å²) in [7, 11) is 0. The summed E-state index contributed by atoms with van der Waals surface area (Å²) in [5.41, 5.74) is 7.54. The SMILES string of the molecule is CC(C)(C)c1nc(-c2cc(Cl)ccc2Br)nc(N)c1Br. The molecule has 20 heavy (non-hydrogen) atoms. The van der Waals surface area contributed by atoms with Crippen molar-refractivity contribution in [2.75, 3.05) is 5.73 Å². The van der Waals surface area contributed by atoms with E-state index >= 15 is 0 Å². The van der Waals surface area contributed by atoms with Crippen LogP contribution in [-0.4, -0.2) is 9.97 Å². The van der Waals surface area contributed by atoms with Gasteiger partial charge in [-0.05, 0) is 34.1 Å². The van der Waals surface area contributed by atoms with E-state index in [2.05, 4.69) is 62.6 Å². The highest BCUT2D eigenvalue weighted by Crippen LogP contribution is 2.35. The van der Waals surface area contributed by atoms with Gasteiger partial charge >= 0.3 is 0 Å². The fourth-order valence-electron chi connectivity index (χ4n) is 1.75. The maximum atomic E-state index is 6.05. The minimum Gasteiger partial charge on any atom is -0.383 e. The van der Waals surface area contributed by atoms with Crippen LogP contribution in [0.5, 0.6) is 0 Å². The molecule has 0 aliphatic rings. The van der Waals surface area contributed by atoms with Crippen LogP contribution >= 0.6 is 43.5 Å². The van der Waals surface area contributed by atoms with Crippen LogP contribution in [0.25, 0.3) is 11.4 Å². The highest BCUT2D eigenvalue weighted by molar-refractivity contribution is 9.11. The topological polar surface area (TPSA) is 51.8 Å². The number of nitrogens with zero attached hydrogens (tertiary/aromatic N) is 2. The monoisotopic (exact) mass is 417 g/mol. The predicted octanol–water partition coefficient (Wildman–Crippen LogP) is 5.20. The van der Waals surface area contributed by atoms with Gasteiger partial charge < -0.3 is 5.73 Å². The molecule has 0 radical (unpaired) electrons. The van der Waals surface area contributed by atoms with Crippen LogP contribution < -0.4 is 5.73 Å². The molecule has 2 N–H and O–H groups in total. The molecule has 0 spiro atoms. The van der Waals surface area contributed by atoms with Gasteiger partial charge in [0.2, 0.25) is 0 Å². The third kappa shape index (κ3) is 3.15. The molecule has 0 atom stereocenters. The van der Waals surface area contributed by atoms with Crippen LogP contribution in [0.3, 0.4) is 0 Å². The number of anilines is 1. The zero-order valence-corrected chi connectivity index (χ0v) is 15.3. The van der Waals surface area contributed by atoms with E-state index in [1.54, 1.807) is 0 Å². The van der Waals surface area contributed by atoms with E-state index < -0.39 is 0 Å². The average molecular weight is 420 g/mol. The van der Waals surface area contributed by atoms with Gasteiger partial charge in [0, 0.05) is 20.5 Å². The van der Waals surface area contributed by atoms with Crippen LogP contribution in [0.15, 0.2) is 27.1 Å². The van der Waals surface area contributed by atoms with Crippen LogP contribution in [0.4, 0.5) is 5.82 Å². The van der Waals surface area contributed by atoms with Crippen molar-refractivity contribution in [1.82, 2.24) is 9.97 Å². The molecular weight excluding hydrogens is 405 g/mol. The molecule has 0 unspecified atom stereocenters. The Morgan fingerprint density at radius 2 is 1.80 bits per heavy atom. The van der Waals surface area contributed by atoms with Crippen molar-refractivity contribution in [3.63, 3.8) is 0 Å². The van der Waals surface area contributed by atoms with E-state index in [9.17, 15) is 0 Å². The van der Waals surface area contributed by atoms with Gasteiger partial charge in [-0.3, -0.25) is 0 Å². The van der Waals surface area contributed by atoms with Crippen molar-refractivity contribution in [3.8, 4) is 11.4 Å². The Kier molecular flexibility index (Phi) is 4.42. The Morgan fingerprint density at radius 1 is 1.15 bits per heavy atom. The number of halogens is 3. The highest BCUT2D eigenvalue weighted by atomic mass is 79.9. The number of nitrogen functional groups attached to an aromatic ring is 1. The van der Waals surface area contributed by atoms with E-state index in [0.29, 0.717) is 16.7 Å². The van der Waals surface area contributed by atoms with E-state index in [1.165, 1.54) is 0 Å². The van der Waals surface area contributed by atoms with Gasteiger partial charge in [-0.2, -0.15) is 0 Å². The van der Waals surface area contributed by atoms with Gasteiger partial charge in [0.05, 0.1) is 10.2 Å². The number of benzene rings is 1. The Bertz CT molecular complexity index is 666. The fourth-order valence-corrected chi connectivity index (χ4v) is 3.12. The largest absolute Gasteiger partial charge is 0.383 e. The summed E-state index contributed by atoms with van der Waals surface area (Å²) in [6.45, 7) is 6.24. The summed E-state index contributed by atoms with van der Waals surface area (Å²) in [5, 5.41) is 0.630. The van der Waals surface area contributed by atoms with Crippen molar-refractivity contribution in [3.05, 3.63) is 37.9 Å². The maximum absolute atomic E-state index is 6.05. The maximum Gasteiger partial charge on any atom is 0.163 e. The number of nitrogens with two attached hydrogens (primary N) is 1. The molecule has 1 aromatic carbocycles. The molecular formula is C14H14Br2ClN3. The van der Waals surface area contributed by atoms with Crippen LogP contribution in [0.2, 0.25) is 5.02 Å². The van der Waals surface area contributed by atoms with Crippen LogP contribution in [0.1, 0.15) is 26.5 Å². The fraction of sp³-hybridized carbons (Fsp3) is 0.286. The summed E-state index contributed by atoms with van der Waals surface area (Å²) < 4.78 is 1.62. The van der Waals surface area contributed by atoms with E-state index in [-0.39, 0.29) is 5.41 Å². The molecule has 2 rings (SSSR count). The Hall–Kier alpha value is -0.650. The molecule has 0 saturated carbocycles. The Balaban J connectivity index is 2.70. The molecule has 1 heterocycles. The summed E-state index contributed by atoms with van der Waals surface area (Å²) in [5.74, 6) is 0.983. The van der Waals surface area contributed by atoms with Gasteiger partial charge in [0.15, 0.2) is 5.82 Å². The third-order valence-electron chi connectivity index (χ3n) is 2.76. The average Bonchev–Trinajstić information content (AvgIpc) is 2.34. The zero-order valence-electron chi connectivity index (χ0n) is 11.3. The molecule has 0 bridgehead atoms. The predicted molar refractivity (Wildman–Crippen MR) is 91.0 cm³/mol. The van der Waals surface area contributed by atoms with Crippen LogP contribution in [0, 0.1) is 0 Å². The molecule has 1 aromatic heterocycles. The Labute approximate surface area is 140 Å². The van der Waals surface area contributed by atoms with Crippen molar-refractivity contribution < 1.29 is 0 Å². The quantitative estimate of drug-likeness (QED) is 0.691. The standard InChI is InChI=1S/C14H14Br2ClN3/c1-14(2,3)11-10(16)12(18)20-13(19-11)8-6-7(17)4-5-9(8)15/h4-6H,1-3H3,(H2,18,19,20). The number of hydrogen-bond acceptors (Lipinski definition) is 3. The van der Waals surface area contributed by atoms with Crippen molar-refractivity contribution in [2.24, 2.45) is 0 Å². The summed E-state index contributed by atoms with van der Waals surface area (Å²) in [6.07, 6.45) is 0. The van der Waals surface area contributed by atoms with Gasteiger partial charge in [0.1, 0.15) is 5.82 Å². The zero-order chi connectivity index (χ0) is 15.1. The summed E-state index contributed by atoms with van der Waals surface area (Å²) in [6, 6.07) is 5.50. The highest BCUT2D eigenvalue weighted by Gasteiger charge is 2.23. The second-order valence-corrected chi connectivity index (χ2v) is 7.55. The van der Waals surface area contributed by atoms with Gasteiger partial charge in [0.25, 0.3) is 0 Å². The third-order valence-corrected chi connectivity index (χ3v) is 4.46. The number of rotatable bonds is 1. The van der Waals surface area contributed by atoms with Crippen LogP contribution in [-0.2, 0) is 5.41 Å². The van der Waals surface area contributed by atoms with E-state index in [0.717, 1.165) is 20.2 Å². The minimum atomic E-state index is -0.143. The van der Waals surface area contributed by atoms with E-state index in [4.69, 9.17) is 17.3 Å². The molecule has 3 nitrogen and oxygen atoms in total. The molecule has 0 fully saturated rings. The summed E-state index contributed by atoms with van der Waals surface area (Å²) >= 11 is 13.0. The molecule has 106 valence electrons. The lowest BCUT2D eigenvalue weighted by atomic mass is 9.91. The smallest absolute Gasteiger partial charge is 0.163 e. The first-order valence-corrected chi connectivity index (χ1v) is 7.95. The molecule has 0 amide bonds. The van der Waals surface area contributed by atoms with Gasteiger partial charge in [-0.1, -0.05) is 48.3 Å². The lowest BCUT2D eigenvalue weighted by Gasteiger charge is -2.21.